The van der Waals surface area contributed by atoms with Gasteiger partial charge in [0.2, 0.25) is 0 Å². The molecule has 6 aromatic rings. The molecule has 1 aromatic heterocycles. The Bertz CT molecular complexity index is 1850. The first kappa shape index (κ1) is 26.1. The molecule has 0 bridgehead atoms. The van der Waals surface area contributed by atoms with Crippen LogP contribution in [-0.2, 0) is 0 Å². The summed E-state index contributed by atoms with van der Waals surface area (Å²) >= 11 is 3.47. The summed E-state index contributed by atoms with van der Waals surface area (Å²) in [7, 11) is 45.0. The minimum absolute atomic E-state index is 0.193. The number of benzene rings is 5. The van der Waals surface area contributed by atoms with E-state index >= 15 is 0 Å². The highest BCUT2D eigenvalue weighted by Crippen LogP contribution is 2.31. The van der Waals surface area contributed by atoms with Crippen LogP contribution in [0.3, 0.4) is 0 Å². The number of halogens is 1. The molecule has 9 heteroatoms. The fourth-order valence-electron chi connectivity index (χ4n) is 5.23. The van der Waals surface area contributed by atoms with Crippen molar-refractivity contribution in [2.45, 2.75) is 0 Å². The summed E-state index contributed by atoms with van der Waals surface area (Å²) in [5.41, 5.74) is 8.31. The van der Waals surface area contributed by atoms with Crippen LogP contribution >= 0.6 is 15.9 Å². The molecule has 0 atom stereocenters. The molecular weight excluding hydrogens is 530 g/mol. The summed E-state index contributed by atoms with van der Waals surface area (Å²) in [6.45, 7) is 0. The van der Waals surface area contributed by atoms with Gasteiger partial charge < -0.3 is 4.57 Å². The monoisotopic (exact) mass is 543 g/mol. The molecule has 0 saturated heterocycles. The molecule has 0 aliphatic carbocycles. The van der Waals surface area contributed by atoms with E-state index in [4.69, 9.17) is 54.9 Å². The van der Waals surface area contributed by atoms with Crippen molar-refractivity contribution in [1.29, 1.82) is 0 Å². The van der Waals surface area contributed by atoms with Gasteiger partial charge in [0.25, 0.3) is 0 Å². The SMILES string of the molecule is [B]c1c([B])c([B])c2c(c1[B])c1c([B])c(Br)c([B])c([B])c1n2-c1ccc(-c2cccc(-c3ccccc3)c2)cc1. The molecule has 0 N–H and O–H groups in total. The van der Waals surface area contributed by atoms with Gasteiger partial charge in [-0.3, -0.25) is 0 Å². The highest BCUT2D eigenvalue weighted by Gasteiger charge is 2.22. The quantitative estimate of drug-likeness (QED) is 0.286. The van der Waals surface area contributed by atoms with Crippen molar-refractivity contribution < 1.29 is 0 Å². The van der Waals surface area contributed by atoms with Gasteiger partial charge in [-0.15, -0.1) is 10.9 Å². The Labute approximate surface area is 245 Å². The zero-order valence-corrected chi connectivity index (χ0v) is 22.5. The summed E-state index contributed by atoms with van der Waals surface area (Å²) < 4.78 is 2.37. The lowest BCUT2D eigenvalue weighted by Crippen LogP contribution is -2.48. The third-order valence-electron chi connectivity index (χ3n) is 7.28. The number of rotatable bonds is 3. The molecule has 5 aromatic carbocycles. The molecule has 0 aliphatic heterocycles. The maximum absolute atomic E-state index is 6.58. The van der Waals surface area contributed by atoms with E-state index in [1.807, 2.05) is 47.0 Å². The molecule has 1 heterocycles. The largest absolute Gasteiger partial charge is 0.311 e. The van der Waals surface area contributed by atoms with E-state index in [2.05, 4.69) is 52.3 Å². The summed E-state index contributed by atoms with van der Waals surface area (Å²) in [6, 6.07) is 26.7. The lowest BCUT2D eigenvalue weighted by Gasteiger charge is -2.17. The smallest absolute Gasteiger partial charge is 0.116 e. The van der Waals surface area contributed by atoms with Crippen LogP contribution in [0.4, 0.5) is 0 Å². The van der Waals surface area contributed by atoms with Gasteiger partial charge in [-0.25, -0.2) is 0 Å². The fraction of sp³-hybridized carbons (Fsp3) is 0. The molecule has 0 amide bonds. The van der Waals surface area contributed by atoms with Crippen molar-refractivity contribution in [1.82, 2.24) is 4.57 Å². The summed E-state index contributed by atoms with van der Waals surface area (Å²) in [6.07, 6.45) is 0. The normalized spacial score (nSPS) is 11.4. The van der Waals surface area contributed by atoms with Crippen LogP contribution in [0.1, 0.15) is 0 Å². The second kappa shape index (κ2) is 9.79. The third-order valence-corrected chi connectivity index (χ3v) is 8.14. The highest BCUT2D eigenvalue weighted by molar-refractivity contribution is 9.10. The van der Waals surface area contributed by atoms with E-state index in [0.29, 0.717) is 42.7 Å². The standard InChI is InChI=1S/C30H13B7BrN/c31-21-19-20-22(32)28(38)25(35)27(37)30(20)39(29(19)26(36)24(34)23(21)33)18-11-9-15(10-12-18)17-8-4-7-16(13-17)14-5-2-1-3-6-14/h1-13H. The first-order chi connectivity index (χ1) is 18.7. The Hall–Kier alpha value is -3.17. The number of hydrogen-bond donors (Lipinski definition) is 0. The van der Waals surface area contributed by atoms with Gasteiger partial charge in [0, 0.05) is 26.6 Å². The predicted molar refractivity (Wildman–Crippen MR) is 177 cm³/mol. The Morgan fingerprint density at radius 3 is 1.54 bits per heavy atom. The van der Waals surface area contributed by atoms with Gasteiger partial charge in [0.1, 0.15) is 54.9 Å². The van der Waals surface area contributed by atoms with E-state index in [1.54, 1.807) is 0 Å². The Balaban J connectivity index is 1.60. The Kier molecular flexibility index (Phi) is 6.54. The molecule has 166 valence electrons. The molecule has 6 rings (SSSR count). The summed E-state index contributed by atoms with van der Waals surface area (Å²) in [5, 5.41) is 1.16. The molecule has 39 heavy (non-hydrogen) atoms. The van der Waals surface area contributed by atoms with E-state index in [1.165, 1.54) is 0 Å². The van der Waals surface area contributed by atoms with Crippen LogP contribution in [0.2, 0.25) is 0 Å². The molecule has 14 radical (unpaired) electrons. The first-order valence-electron chi connectivity index (χ1n) is 12.2. The van der Waals surface area contributed by atoms with Gasteiger partial charge in [-0.2, -0.15) is 0 Å². The van der Waals surface area contributed by atoms with Crippen molar-refractivity contribution in [3.05, 3.63) is 83.3 Å². The van der Waals surface area contributed by atoms with Crippen LogP contribution in [0.5, 0.6) is 0 Å². The number of aromatic nitrogens is 1. The lowest BCUT2D eigenvalue weighted by atomic mass is 9.65. The second-order valence-corrected chi connectivity index (χ2v) is 10.3. The zero-order chi connectivity index (χ0) is 27.6. The molecule has 1 nitrogen and oxygen atoms in total. The molecular formula is C30H13B7BrN. The molecule has 0 aliphatic rings. The molecule has 0 saturated carbocycles. The molecule has 0 unspecified atom stereocenters. The van der Waals surface area contributed by atoms with Crippen LogP contribution in [0, 0.1) is 0 Å². The van der Waals surface area contributed by atoms with Gasteiger partial charge in [0.15, 0.2) is 0 Å². The topological polar surface area (TPSA) is 4.93 Å². The van der Waals surface area contributed by atoms with Crippen molar-refractivity contribution in [3.8, 4) is 27.9 Å². The van der Waals surface area contributed by atoms with E-state index in [9.17, 15) is 0 Å². The summed E-state index contributed by atoms with van der Waals surface area (Å²) in [4.78, 5) is 0. The van der Waals surface area contributed by atoms with E-state index < -0.39 is 0 Å². The van der Waals surface area contributed by atoms with Crippen molar-refractivity contribution in [3.63, 3.8) is 0 Å². The predicted octanol–water partition coefficient (Wildman–Crippen LogP) is 0.437. The van der Waals surface area contributed by atoms with Crippen molar-refractivity contribution in [2.75, 3.05) is 0 Å². The average Bonchev–Trinajstić information content (AvgIpc) is 3.34. The van der Waals surface area contributed by atoms with Gasteiger partial charge in [-0.05, 0) is 45.8 Å². The van der Waals surface area contributed by atoms with Crippen molar-refractivity contribution in [2.24, 2.45) is 0 Å². The number of hydrogen-bond acceptors (Lipinski definition) is 0. The third kappa shape index (κ3) is 4.01. The van der Waals surface area contributed by atoms with E-state index in [0.717, 1.165) is 27.9 Å². The van der Waals surface area contributed by atoms with Crippen LogP contribution in [-0.4, -0.2) is 59.5 Å². The van der Waals surface area contributed by atoms with Crippen LogP contribution < -0.4 is 38.2 Å². The number of nitrogens with zero attached hydrogens (tertiary/aromatic N) is 1. The van der Waals surface area contributed by atoms with Gasteiger partial charge in [-0.1, -0.05) is 104 Å². The van der Waals surface area contributed by atoms with Crippen molar-refractivity contribution >= 4 is 131 Å². The van der Waals surface area contributed by atoms with Crippen LogP contribution in [0.25, 0.3) is 49.7 Å². The fourth-order valence-corrected chi connectivity index (χ4v) is 5.64. The average molecular weight is 543 g/mol. The van der Waals surface area contributed by atoms with Crippen LogP contribution in [0.15, 0.2) is 83.3 Å². The maximum atomic E-state index is 6.58. The maximum Gasteiger partial charge on any atom is 0.116 e. The van der Waals surface area contributed by atoms with Gasteiger partial charge >= 0.3 is 0 Å². The minimum Gasteiger partial charge on any atom is -0.311 e. The highest BCUT2D eigenvalue weighted by atomic mass is 79.9. The second-order valence-electron chi connectivity index (χ2n) is 9.49. The van der Waals surface area contributed by atoms with Gasteiger partial charge in [0.05, 0.1) is 0 Å². The molecule has 0 fully saturated rings. The summed E-state index contributed by atoms with van der Waals surface area (Å²) in [5.74, 6) is 0. The van der Waals surface area contributed by atoms with E-state index in [-0.39, 0.29) is 21.9 Å². The molecule has 0 spiro atoms. The Morgan fingerprint density at radius 2 is 0.923 bits per heavy atom. The zero-order valence-electron chi connectivity index (χ0n) is 20.9. The first-order valence-corrected chi connectivity index (χ1v) is 13.0. The minimum atomic E-state index is 0.193. The number of fused-ring (bicyclic) bond motifs is 3. The Morgan fingerprint density at radius 1 is 0.436 bits per heavy atom. The lowest BCUT2D eigenvalue weighted by molar-refractivity contribution is 1.19.